The van der Waals surface area contributed by atoms with Crippen molar-refractivity contribution in [2.45, 2.75) is 53.0 Å². The lowest BCUT2D eigenvalue weighted by atomic mass is 9.83. The first kappa shape index (κ1) is 16.2. The Morgan fingerprint density at radius 3 is 2.26 bits per heavy atom. The van der Waals surface area contributed by atoms with E-state index in [0.717, 1.165) is 6.54 Å². The van der Waals surface area contributed by atoms with Gasteiger partial charge in [0.1, 0.15) is 0 Å². The lowest BCUT2D eigenvalue weighted by molar-refractivity contribution is 0.360. The van der Waals surface area contributed by atoms with Crippen LogP contribution in [0.5, 0.6) is 0 Å². The smallest absolute Gasteiger partial charge is 0.0213 e. The minimum Gasteiger partial charge on any atom is -0.329 e. The van der Waals surface area contributed by atoms with Crippen LogP contribution < -0.4 is 11.1 Å². The number of nitrogens with two attached hydrogens (primary N) is 1. The average molecular weight is 262 g/mol. The van der Waals surface area contributed by atoms with Crippen molar-refractivity contribution in [2.24, 2.45) is 11.7 Å². The van der Waals surface area contributed by atoms with Crippen LogP contribution >= 0.6 is 0 Å². The minimum atomic E-state index is 0.126. The number of benzene rings is 1. The Kier molecular flexibility index (Phi) is 5.57. The average Bonchev–Trinajstić information content (AvgIpc) is 2.32. The Labute approximate surface area is 118 Å². The monoisotopic (exact) mass is 262 g/mol. The molecule has 0 bridgehead atoms. The van der Waals surface area contributed by atoms with Gasteiger partial charge in [-0.1, -0.05) is 45.9 Å². The molecule has 2 nitrogen and oxygen atoms in total. The van der Waals surface area contributed by atoms with Gasteiger partial charge in [-0.25, -0.2) is 0 Å². The van der Waals surface area contributed by atoms with Gasteiger partial charge in [0.15, 0.2) is 0 Å². The topological polar surface area (TPSA) is 38.0 Å². The highest BCUT2D eigenvalue weighted by molar-refractivity contribution is 5.34. The second-order valence-corrected chi connectivity index (χ2v) is 6.65. The summed E-state index contributed by atoms with van der Waals surface area (Å²) in [6.07, 6.45) is 0. The van der Waals surface area contributed by atoms with Gasteiger partial charge in [-0.05, 0) is 36.5 Å². The van der Waals surface area contributed by atoms with Crippen LogP contribution in [-0.2, 0) is 5.41 Å². The lowest BCUT2D eigenvalue weighted by Gasteiger charge is -2.30. The molecule has 1 aromatic carbocycles. The molecule has 1 rings (SSSR count). The first-order valence-electron chi connectivity index (χ1n) is 7.29. The molecule has 1 atom stereocenters. The van der Waals surface area contributed by atoms with Gasteiger partial charge in [0.05, 0.1) is 0 Å². The second kappa shape index (κ2) is 6.53. The lowest BCUT2D eigenvalue weighted by Crippen LogP contribution is -2.45. The molecule has 1 aromatic rings. The third kappa shape index (κ3) is 4.32. The molecule has 0 heterocycles. The van der Waals surface area contributed by atoms with Gasteiger partial charge in [-0.3, -0.25) is 0 Å². The van der Waals surface area contributed by atoms with Gasteiger partial charge >= 0.3 is 0 Å². The van der Waals surface area contributed by atoms with E-state index in [-0.39, 0.29) is 5.41 Å². The molecular formula is C17H30N2. The van der Waals surface area contributed by atoms with Gasteiger partial charge < -0.3 is 11.1 Å². The summed E-state index contributed by atoms with van der Waals surface area (Å²) in [5.41, 5.74) is 10.1. The van der Waals surface area contributed by atoms with E-state index in [9.17, 15) is 0 Å². The van der Waals surface area contributed by atoms with E-state index >= 15 is 0 Å². The maximum atomic E-state index is 5.82. The highest BCUT2D eigenvalue weighted by Crippen LogP contribution is 2.24. The summed E-state index contributed by atoms with van der Waals surface area (Å²) in [5, 5.41) is 3.62. The molecule has 0 saturated heterocycles. The molecule has 0 aliphatic heterocycles. The molecule has 0 aliphatic carbocycles. The van der Waals surface area contributed by atoms with E-state index in [1.807, 2.05) is 0 Å². The molecule has 0 saturated carbocycles. The number of aryl methyl sites for hydroxylation is 2. The van der Waals surface area contributed by atoms with Crippen molar-refractivity contribution in [3.05, 3.63) is 34.9 Å². The van der Waals surface area contributed by atoms with Crippen LogP contribution in [0, 0.1) is 19.8 Å². The quantitative estimate of drug-likeness (QED) is 0.826. The molecule has 0 amide bonds. The fourth-order valence-corrected chi connectivity index (χ4v) is 2.24. The number of hydrogen-bond acceptors (Lipinski definition) is 2. The summed E-state index contributed by atoms with van der Waals surface area (Å²) in [6, 6.07) is 7.17. The number of rotatable bonds is 6. The fourth-order valence-electron chi connectivity index (χ4n) is 2.24. The van der Waals surface area contributed by atoms with Crippen LogP contribution in [0.2, 0.25) is 0 Å². The van der Waals surface area contributed by atoms with Crippen molar-refractivity contribution < 1.29 is 0 Å². The fraction of sp³-hybridized carbons (Fsp3) is 0.647. The highest BCUT2D eigenvalue weighted by atomic mass is 14.9. The molecule has 0 spiro atoms. The normalized spacial score (nSPS) is 13.9. The maximum absolute atomic E-state index is 5.82. The first-order valence-corrected chi connectivity index (χ1v) is 7.29. The molecule has 2 heteroatoms. The van der Waals surface area contributed by atoms with Crippen LogP contribution in [0.3, 0.4) is 0 Å². The largest absolute Gasteiger partial charge is 0.329 e. The van der Waals surface area contributed by atoms with Crippen LogP contribution in [0.25, 0.3) is 0 Å². The maximum Gasteiger partial charge on any atom is 0.0213 e. The second-order valence-electron chi connectivity index (χ2n) is 6.65. The van der Waals surface area contributed by atoms with Crippen molar-refractivity contribution in [1.29, 1.82) is 0 Å². The third-order valence-electron chi connectivity index (χ3n) is 4.15. The zero-order valence-corrected chi connectivity index (χ0v) is 13.4. The van der Waals surface area contributed by atoms with Gasteiger partial charge in [0.2, 0.25) is 0 Å². The predicted octanol–water partition coefficient (Wildman–Crippen LogP) is 3.15. The third-order valence-corrected chi connectivity index (χ3v) is 4.15. The van der Waals surface area contributed by atoms with E-state index in [0.29, 0.717) is 18.5 Å². The van der Waals surface area contributed by atoms with E-state index in [1.54, 1.807) is 0 Å². The summed E-state index contributed by atoms with van der Waals surface area (Å²) in [7, 11) is 0. The Balaban J connectivity index is 2.77. The standard InChI is InChI=1S/C17H30N2/c1-12(2)16(10-18)19-11-17(5,6)15-8-7-13(3)14(4)9-15/h7-9,12,16,19H,10-11,18H2,1-6H3. The van der Waals surface area contributed by atoms with Gasteiger partial charge in [0.25, 0.3) is 0 Å². The first-order chi connectivity index (χ1) is 8.77. The summed E-state index contributed by atoms with van der Waals surface area (Å²) in [6.45, 7) is 15.0. The van der Waals surface area contributed by atoms with E-state index in [1.165, 1.54) is 16.7 Å². The summed E-state index contributed by atoms with van der Waals surface area (Å²) in [4.78, 5) is 0. The Bertz CT molecular complexity index is 408. The molecule has 19 heavy (non-hydrogen) atoms. The van der Waals surface area contributed by atoms with Crippen molar-refractivity contribution in [3.63, 3.8) is 0 Å². The summed E-state index contributed by atoms with van der Waals surface area (Å²) < 4.78 is 0. The Morgan fingerprint density at radius 2 is 1.79 bits per heavy atom. The van der Waals surface area contributed by atoms with Gasteiger partial charge in [-0.15, -0.1) is 0 Å². The Hall–Kier alpha value is -0.860. The molecule has 1 unspecified atom stereocenters. The van der Waals surface area contributed by atoms with E-state index < -0.39 is 0 Å². The number of nitrogens with one attached hydrogen (secondary N) is 1. The van der Waals surface area contributed by atoms with Crippen LogP contribution in [-0.4, -0.2) is 19.1 Å². The zero-order chi connectivity index (χ0) is 14.6. The number of hydrogen-bond donors (Lipinski definition) is 2. The zero-order valence-electron chi connectivity index (χ0n) is 13.4. The van der Waals surface area contributed by atoms with Crippen molar-refractivity contribution in [1.82, 2.24) is 5.32 Å². The molecular weight excluding hydrogens is 232 g/mol. The molecule has 3 N–H and O–H groups in total. The SMILES string of the molecule is Cc1ccc(C(C)(C)CNC(CN)C(C)C)cc1C. The van der Waals surface area contributed by atoms with Crippen molar-refractivity contribution in [3.8, 4) is 0 Å². The summed E-state index contributed by atoms with van der Waals surface area (Å²) >= 11 is 0. The molecule has 108 valence electrons. The van der Waals surface area contributed by atoms with Crippen LogP contribution in [0.4, 0.5) is 0 Å². The van der Waals surface area contributed by atoms with E-state index in [2.05, 4.69) is 65.1 Å². The van der Waals surface area contributed by atoms with Crippen LogP contribution in [0.15, 0.2) is 18.2 Å². The van der Waals surface area contributed by atoms with Crippen molar-refractivity contribution in [2.75, 3.05) is 13.1 Å². The molecule has 0 aliphatic rings. The van der Waals surface area contributed by atoms with Gasteiger partial charge in [-0.2, -0.15) is 0 Å². The van der Waals surface area contributed by atoms with E-state index in [4.69, 9.17) is 5.73 Å². The summed E-state index contributed by atoms with van der Waals surface area (Å²) in [5.74, 6) is 0.570. The van der Waals surface area contributed by atoms with Crippen LogP contribution in [0.1, 0.15) is 44.4 Å². The van der Waals surface area contributed by atoms with Crippen molar-refractivity contribution >= 4 is 0 Å². The van der Waals surface area contributed by atoms with Gasteiger partial charge in [0, 0.05) is 24.5 Å². The molecule has 0 radical (unpaired) electrons. The Morgan fingerprint density at radius 1 is 1.16 bits per heavy atom. The molecule has 0 fully saturated rings. The predicted molar refractivity (Wildman–Crippen MR) is 84.6 cm³/mol. The molecule has 0 aromatic heterocycles. The minimum absolute atomic E-state index is 0.126. The highest BCUT2D eigenvalue weighted by Gasteiger charge is 2.22.